The van der Waals surface area contributed by atoms with Crippen molar-refractivity contribution >= 4 is 0 Å². The summed E-state index contributed by atoms with van der Waals surface area (Å²) in [6.45, 7) is 9.12. The average Bonchev–Trinajstić information content (AvgIpc) is 2.68. The standard InChI is InChI=1S/C23H25FN4/c1-23(2,3)22-26-13-18-15-28(11-10-21(18)27-22)14-16-4-9-20(25-12-16)17-5-7-19(24)8-6-17/h4-9,12-13H,10-11,14-15H2,1-3H3. The fraction of sp³-hybridized carbons (Fsp3) is 0.348. The van der Waals surface area contributed by atoms with Crippen LogP contribution in [0.3, 0.4) is 0 Å². The van der Waals surface area contributed by atoms with Crippen LogP contribution in [0.5, 0.6) is 0 Å². The van der Waals surface area contributed by atoms with Crippen molar-refractivity contribution in [1.29, 1.82) is 0 Å². The molecule has 0 radical (unpaired) electrons. The summed E-state index contributed by atoms with van der Waals surface area (Å²) in [6, 6.07) is 10.5. The van der Waals surface area contributed by atoms with Crippen molar-refractivity contribution in [3.63, 3.8) is 0 Å². The van der Waals surface area contributed by atoms with Crippen LogP contribution in [-0.4, -0.2) is 26.4 Å². The van der Waals surface area contributed by atoms with E-state index in [1.165, 1.54) is 29.0 Å². The van der Waals surface area contributed by atoms with Crippen molar-refractivity contribution in [2.24, 2.45) is 0 Å². The maximum Gasteiger partial charge on any atom is 0.133 e. The van der Waals surface area contributed by atoms with E-state index >= 15 is 0 Å². The Kier molecular flexibility index (Phi) is 4.94. The molecule has 0 atom stereocenters. The van der Waals surface area contributed by atoms with Crippen LogP contribution in [0.15, 0.2) is 48.8 Å². The minimum atomic E-state index is -0.232. The Balaban J connectivity index is 1.43. The first-order chi connectivity index (χ1) is 13.4. The second-order valence-electron chi connectivity index (χ2n) is 8.43. The summed E-state index contributed by atoms with van der Waals surface area (Å²) in [6.07, 6.45) is 4.85. The van der Waals surface area contributed by atoms with Gasteiger partial charge in [-0.2, -0.15) is 0 Å². The zero-order chi connectivity index (χ0) is 19.7. The zero-order valence-corrected chi connectivity index (χ0v) is 16.6. The Morgan fingerprint density at radius 3 is 2.46 bits per heavy atom. The smallest absolute Gasteiger partial charge is 0.133 e. The van der Waals surface area contributed by atoms with Crippen LogP contribution in [0.4, 0.5) is 4.39 Å². The van der Waals surface area contributed by atoms with Gasteiger partial charge in [-0.25, -0.2) is 14.4 Å². The second kappa shape index (κ2) is 7.40. The first kappa shape index (κ1) is 18.7. The van der Waals surface area contributed by atoms with Crippen LogP contribution in [0.1, 0.15) is 43.4 Å². The molecular weight excluding hydrogens is 351 g/mol. The van der Waals surface area contributed by atoms with Gasteiger partial charge in [-0.15, -0.1) is 0 Å². The average molecular weight is 376 g/mol. The first-order valence-corrected chi connectivity index (χ1v) is 9.67. The molecule has 0 aliphatic carbocycles. The molecule has 0 spiro atoms. The predicted molar refractivity (Wildman–Crippen MR) is 108 cm³/mol. The molecular formula is C23H25FN4. The monoisotopic (exact) mass is 376 g/mol. The molecule has 0 amide bonds. The van der Waals surface area contributed by atoms with Gasteiger partial charge >= 0.3 is 0 Å². The van der Waals surface area contributed by atoms with E-state index in [-0.39, 0.29) is 11.2 Å². The Morgan fingerprint density at radius 1 is 1.00 bits per heavy atom. The van der Waals surface area contributed by atoms with E-state index < -0.39 is 0 Å². The largest absolute Gasteiger partial charge is 0.294 e. The van der Waals surface area contributed by atoms with E-state index in [4.69, 9.17) is 4.98 Å². The van der Waals surface area contributed by atoms with Gasteiger partial charge in [-0.05, 0) is 35.9 Å². The van der Waals surface area contributed by atoms with Gasteiger partial charge in [0.25, 0.3) is 0 Å². The van der Waals surface area contributed by atoms with Gasteiger partial charge in [0, 0.05) is 60.7 Å². The van der Waals surface area contributed by atoms with Gasteiger partial charge in [0.05, 0.1) is 5.69 Å². The highest BCUT2D eigenvalue weighted by molar-refractivity contribution is 5.58. The molecule has 0 saturated carbocycles. The van der Waals surface area contributed by atoms with Crippen LogP contribution < -0.4 is 0 Å². The van der Waals surface area contributed by atoms with Gasteiger partial charge in [-0.1, -0.05) is 26.8 Å². The Bertz CT molecular complexity index is 959. The molecule has 5 heteroatoms. The molecule has 28 heavy (non-hydrogen) atoms. The number of aromatic nitrogens is 3. The lowest BCUT2D eigenvalue weighted by Crippen LogP contribution is -2.32. The fourth-order valence-corrected chi connectivity index (χ4v) is 3.44. The number of rotatable bonds is 3. The van der Waals surface area contributed by atoms with E-state index in [9.17, 15) is 4.39 Å². The number of fused-ring (bicyclic) bond motifs is 1. The molecule has 2 aromatic heterocycles. The number of hydrogen-bond donors (Lipinski definition) is 0. The fourth-order valence-electron chi connectivity index (χ4n) is 3.44. The van der Waals surface area contributed by atoms with Crippen molar-refractivity contribution in [3.05, 3.63) is 77.3 Å². The molecule has 0 fully saturated rings. The second-order valence-corrected chi connectivity index (χ2v) is 8.43. The Labute approximate surface area is 165 Å². The van der Waals surface area contributed by atoms with Gasteiger partial charge in [0.15, 0.2) is 0 Å². The summed E-state index contributed by atoms with van der Waals surface area (Å²) >= 11 is 0. The molecule has 4 rings (SSSR count). The first-order valence-electron chi connectivity index (χ1n) is 9.67. The van der Waals surface area contributed by atoms with Gasteiger partial charge < -0.3 is 0 Å². The molecule has 1 aromatic carbocycles. The van der Waals surface area contributed by atoms with Crippen LogP contribution in [0.25, 0.3) is 11.3 Å². The molecule has 0 saturated heterocycles. The van der Waals surface area contributed by atoms with Crippen LogP contribution in [-0.2, 0) is 24.9 Å². The van der Waals surface area contributed by atoms with Crippen LogP contribution in [0, 0.1) is 5.82 Å². The Hall–Kier alpha value is -2.66. The van der Waals surface area contributed by atoms with Gasteiger partial charge in [0.1, 0.15) is 11.6 Å². The third kappa shape index (κ3) is 4.09. The summed E-state index contributed by atoms with van der Waals surface area (Å²) in [4.78, 5) is 16.3. The molecule has 0 bridgehead atoms. The molecule has 1 aliphatic heterocycles. The molecule has 0 N–H and O–H groups in total. The lowest BCUT2D eigenvalue weighted by atomic mass is 9.95. The minimum absolute atomic E-state index is 0.0237. The van der Waals surface area contributed by atoms with E-state index in [1.807, 2.05) is 18.5 Å². The molecule has 3 heterocycles. The minimum Gasteiger partial charge on any atom is -0.294 e. The van der Waals surface area contributed by atoms with Crippen molar-refractivity contribution in [2.45, 2.75) is 45.7 Å². The highest BCUT2D eigenvalue weighted by atomic mass is 19.1. The van der Waals surface area contributed by atoms with Crippen LogP contribution in [0.2, 0.25) is 0 Å². The lowest BCUT2D eigenvalue weighted by molar-refractivity contribution is 0.242. The molecule has 0 unspecified atom stereocenters. The van der Waals surface area contributed by atoms with E-state index in [0.29, 0.717) is 0 Å². The topological polar surface area (TPSA) is 41.9 Å². The van der Waals surface area contributed by atoms with Gasteiger partial charge in [0.2, 0.25) is 0 Å². The van der Waals surface area contributed by atoms with Crippen LogP contribution >= 0.6 is 0 Å². The van der Waals surface area contributed by atoms with Crippen molar-refractivity contribution in [3.8, 4) is 11.3 Å². The number of benzene rings is 1. The maximum absolute atomic E-state index is 13.1. The van der Waals surface area contributed by atoms with Gasteiger partial charge in [-0.3, -0.25) is 9.88 Å². The van der Waals surface area contributed by atoms with Crippen molar-refractivity contribution in [1.82, 2.24) is 19.9 Å². The molecule has 4 nitrogen and oxygen atoms in total. The highest BCUT2D eigenvalue weighted by Crippen LogP contribution is 2.24. The zero-order valence-electron chi connectivity index (χ0n) is 16.6. The normalized spacial score (nSPS) is 14.7. The third-order valence-corrected chi connectivity index (χ3v) is 5.05. The quantitative estimate of drug-likeness (QED) is 0.673. The highest BCUT2D eigenvalue weighted by Gasteiger charge is 2.22. The summed E-state index contributed by atoms with van der Waals surface area (Å²) in [7, 11) is 0. The SMILES string of the molecule is CC(C)(C)c1ncc2c(n1)CCN(Cc1ccc(-c3ccc(F)cc3)nc1)C2. The van der Waals surface area contributed by atoms with E-state index in [0.717, 1.165) is 43.1 Å². The predicted octanol–water partition coefficient (Wildman–Crippen LogP) is 4.53. The molecule has 1 aliphatic rings. The summed E-state index contributed by atoms with van der Waals surface area (Å²) in [5.74, 6) is 0.685. The molecule has 3 aromatic rings. The summed E-state index contributed by atoms with van der Waals surface area (Å²) in [5.41, 5.74) is 5.32. The lowest BCUT2D eigenvalue weighted by Gasteiger charge is -2.29. The van der Waals surface area contributed by atoms with E-state index in [2.05, 4.69) is 41.7 Å². The van der Waals surface area contributed by atoms with Crippen molar-refractivity contribution in [2.75, 3.05) is 6.54 Å². The number of halogens is 1. The van der Waals surface area contributed by atoms with Crippen molar-refractivity contribution < 1.29 is 4.39 Å². The molecule has 144 valence electrons. The Morgan fingerprint density at radius 2 is 1.79 bits per heavy atom. The summed E-state index contributed by atoms with van der Waals surface area (Å²) < 4.78 is 13.1. The number of nitrogens with zero attached hydrogens (tertiary/aromatic N) is 4. The number of pyridine rings is 1. The number of hydrogen-bond acceptors (Lipinski definition) is 4. The maximum atomic E-state index is 13.1. The third-order valence-electron chi connectivity index (χ3n) is 5.05. The summed E-state index contributed by atoms with van der Waals surface area (Å²) in [5, 5.41) is 0. The van der Waals surface area contributed by atoms with E-state index in [1.54, 1.807) is 12.1 Å².